The summed E-state index contributed by atoms with van der Waals surface area (Å²) >= 11 is 0. The van der Waals surface area contributed by atoms with Crippen LogP contribution in [0.15, 0.2) is 47.4 Å². The predicted octanol–water partition coefficient (Wildman–Crippen LogP) is 2.03. The van der Waals surface area contributed by atoms with Gasteiger partial charge in [-0.05, 0) is 61.1 Å². The molecule has 0 unspecified atom stereocenters. The predicted molar refractivity (Wildman–Crippen MR) is 107 cm³/mol. The van der Waals surface area contributed by atoms with E-state index in [0.717, 1.165) is 12.8 Å². The van der Waals surface area contributed by atoms with Crippen LogP contribution in [0.25, 0.3) is 0 Å². The standard InChI is InChI=1S/C21H24N2O5S/c1-14-9-11-23(12-10-14)29(27,28)19-13-17(4-3-15(19)2)20(24)22-18-7-5-16(6-8-18)21(25)26/h3-8,13-14H,9-12H2,1-2H3,(H,22,24)(H,25,26)/p-1. The van der Waals surface area contributed by atoms with Gasteiger partial charge < -0.3 is 15.2 Å². The summed E-state index contributed by atoms with van der Waals surface area (Å²) in [5, 5.41) is 13.5. The van der Waals surface area contributed by atoms with E-state index in [4.69, 9.17) is 0 Å². The van der Waals surface area contributed by atoms with Crippen LogP contribution in [0, 0.1) is 12.8 Å². The number of hydrogen-bond donors (Lipinski definition) is 1. The van der Waals surface area contributed by atoms with Crippen LogP contribution >= 0.6 is 0 Å². The molecular weight excluding hydrogens is 392 g/mol. The highest BCUT2D eigenvalue weighted by atomic mass is 32.2. The third kappa shape index (κ3) is 4.65. The smallest absolute Gasteiger partial charge is 0.255 e. The fourth-order valence-electron chi connectivity index (χ4n) is 3.28. The minimum Gasteiger partial charge on any atom is -0.545 e. The van der Waals surface area contributed by atoms with Gasteiger partial charge in [0.15, 0.2) is 0 Å². The normalized spacial score (nSPS) is 15.8. The molecule has 7 nitrogen and oxygen atoms in total. The second kappa shape index (κ2) is 8.34. The molecule has 2 aromatic carbocycles. The van der Waals surface area contributed by atoms with Crippen molar-refractivity contribution in [3.8, 4) is 0 Å². The van der Waals surface area contributed by atoms with E-state index >= 15 is 0 Å². The fourth-order valence-corrected chi connectivity index (χ4v) is 5.00. The number of amides is 1. The number of anilines is 1. The molecule has 0 saturated carbocycles. The molecule has 0 atom stereocenters. The van der Waals surface area contributed by atoms with E-state index in [0.29, 0.717) is 30.3 Å². The zero-order valence-corrected chi connectivity index (χ0v) is 17.2. The van der Waals surface area contributed by atoms with Crippen molar-refractivity contribution < 1.29 is 23.1 Å². The Morgan fingerprint density at radius 1 is 1.03 bits per heavy atom. The molecule has 1 fully saturated rings. The molecule has 154 valence electrons. The summed E-state index contributed by atoms with van der Waals surface area (Å²) in [6.07, 6.45) is 1.64. The number of hydrogen-bond acceptors (Lipinski definition) is 5. The number of carboxylic acid groups (broad SMARTS) is 1. The number of carboxylic acids is 1. The summed E-state index contributed by atoms with van der Waals surface area (Å²) in [6, 6.07) is 10.1. The molecule has 0 bridgehead atoms. The van der Waals surface area contributed by atoms with Crippen molar-refractivity contribution in [3.05, 3.63) is 59.2 Å². The van der Waals surface area contributed by atoms with Crippen molar-refractivity contribution >= 4 is 27.6 Å². The summed E-state index contributed by atoms with van der Waals surface area (Å²) in [6.45, 7) is 4.77. The molecule has 1 heterocycles. The van der Waals surface area contributed by atoms with Gasteiger partial charge in [0, 0.05) is 24.3 Å². The number of carbonyl (C=O) groups excluding carboxylic acids is 2. The molecule has 1 aliphatic rings. The molecule has 0 spiro atoms. The third-order valence-corrected chi connectivity index (χ3v) is 7.23. The quantitative estimate of drug-likeness (QED) is 0.804. The van der Waals surface area contributed by atoms with Crippen LogP contribution in [0.1, 0.15) is 46.0 Å². The minimum absolute atomic E-state index is 0.00237. The molecule has 0 aromatic heterocycles. The highest BCUT2D eigenvalue weighted by molar-refractivity contribution is 7.89. The van der Waals surface area contributed by atoms with Crippen molar-refractivity contribution in [1.29, 1.82) is 0 Å². The maximum absolute atomic E-state index is 13.1. The number of carbonyl (C=O) groups is 2. The van der Waals surface area contributed by atoms with Crippen LogP contribution in [0.2, 0.25) is 0 Å². The maximum Gasteiger partial charge on any atom is 0.255 e. The Morgan fingerprint density at radius 3 is 2.21 bits per heavy atom. The van der Waals surface area contributed by atoms with Gasteiger partial charge in [-0.15, -0.1) is 0 Å². The van der Waals surface area contributed by atoms with Gasteiger partial charge in [-0.25, -0.2) is 8.42 Å². The van der Waals surface area contributed by atoms with Crippen LogP contribution in [-0.4, -0.2) is 37.7 Å². The van der Waals surface area contributed by atoms with E-state index in [2.05, 4.69) is 12.2 Å². The molecule has 1 N–H and O–H groups in total. The average molecular weight is 415 g/mol. The second-order valence-electron chi connectivity index (χ2n) is 7.39. The van der Waals surface area contributed by atoms with Crippen molar-refractivity contribution in [2.24, 2.45) is 5.92 Å². The molecule has 1 amide bonds. The summed E-state index contributed by atoms with van der Waals surface area (Å²) in [7, 11) is -3.68. The number of sulfonamides is 1. The Morgan fingerprint density at radius 2 is 1.62 bits per heavy atom. The van der Waals surface area contributed by atoms with Gasteiger partial charge in [-0.2, -0.15) is 4.31 Å². The lowest BCUT2D eigenvalue weighted by Crippen LogP contribution is -2.38. The second-order valence-corrected chi connectivity index (χ2v) is 9.29. The lowest BCUT2D eigenvalue weighted by molar-refractivity contribution is -0.255. The number of rotatable bonds is 5. The molecule has 0 radical (unpaired) electrons. The van der Waals surface area contributed by atoms with E-state index in [1.54, 1.807) is 19.1 Å². The number of aryl methyl sites for hydroxylation is 1. The monoisotopic (exact) mass is 415 g/mol. The molecule has 8 heteroatoms. The van der Waals surface area contributed by atoms with Crippen molar-refractivity contribution in [1.82, 2.24) is 4.31 Å². The SMILES string of the molecule is Cc1ccc(C(=O)Nc2ccc(C(=O)[O-])cc2)cc1S(=O)(=O)N1CCC(C)CC1. The van der Waals surface area contributed by atoms with E-state index in [9.17, 15) is 23.1 Å². The Balaban J connectivity index is 1.82. The highest BCUT2D eigenvalue weighted by Crippen LogP contribution is 2.26. The van der Waals surface area contributed by atoms with Gasteiger partial charge in [0.1, 0.15) is 0 Å². The zero-order valence-electron chi connectivity index (χ0n) is 16.3. The number of benzene rings is 2. The van der Waals surface area contributed by atoms with Crippen LogP contribution in [0.5, 0.6) is 0 Å². The van der Waals surface area contributed by atoms with E-state index in [1.807, 2.05) is 0 Å². The average Bonchev–Trinajstić information content (AvgIpc) is 2.69. The number of aromatic carboxylic acids is 1. The van der Waals surface area contributed by atoms with Crippen LogP contribution < -0.4 is 10.4 Å². The van der Waals surface area contributed by atoms with Gasteiger partial charge in [-0.1, -0.05) is 25.1 Å². The Labute approximate surface area is 170 Å². The summed E-state index contributed by atoms with van der Waals surface area (Å²) in [5.41, 5.74) is 1.19. The van der Waals surface area contributed by atoms with Crippen LogP contribution in [0.4, 0.5) is 5.69 Å². The van der Waals surface area contributed by atoms with Crippen molar-refractivity contribution in [3.63, 3.8) is 0 Å². The number of nitrogens with one attached hydrogen (secondary N) is 1. The molecule has 2 aromatic rings. The van der Waals surface area contributed by atoms with Gasteiger partial charge in [0.25, 0.3) is 5.91 Å². The largest absolute Gasteiger partial charge is 0.545 e. The summed E-state index contributed by atoms with van der Waals surface area (Å²) < 4.78 is 27.6. The van der Waals surface area contributed by atoms with E-state index in [1.165, 1.54) is 34.6 Å². The lowest BCUT2D eigenvalue weighted by Gasteiger charge is -2.30. The first-order valence-electron chi connectivity index (χ1n) is 9.42. The highest BCUT2D eigenvalue weighted by Gasteiger charge is 2.29. The lowest BCUT2D eigenvalue weighted by atomic mass is 10.0. The first-order chi connectivity index (χ1) is 13.7. The topological polar surface area (TPSA) is 107 Å². The Kier molecular flexibility index (Phi) is 6.04. The Bertz CT molecular complexity index is 1020. The number of piperidine rings is 1. The first-order valence-corrected chi connectivity index (χ1v) is 10.9. The van der Waals surface area contributed by atoms with Crippen molar-refractivity contribution in [2.75, 3.05) is 18.4 Å². The molecule has 0 aliphatic carbocycles. The molecule has 1 saturated heterocycles. The first kappa shape index (κ1) is 21.0. The van der Waals surface area contributed by atoms with Crippen molar-refractivity contribution in [2.45, 2.75) is 31.6 Å². The summed E-state index contributed by atoms with van der Waals surface area (Å²) in [4.78, 5) is 23.5. The van der Waals surface area contributed by atoms with Gasteiger partial charge in [0.2, 0.25) is 10.0 Å². The maximum atomic E-state index is 13.1. The van der Waals surface area contributed by atoms with Gasteiger partial charge in [0.05, 0.1) is 10.9 Å². The van der Waals surface area contributed by atoms with Gasteiger partial charge >= 0.3 is 0 Å². The molecule has 1 aliphatic heterocycles. The number of nitrogens with zero attached hydrogens (tertiary/aromatic N) is 1. The van der Waals surface area contributed by atoms with E-state index < -0.39 is 21.9 Å². The van der Waals surface area contributed by atoms with E-state index in [-0.39, 0.29) is 16.0 Å². The molecular formula is C21H23N2O5S-. The Hall–Kier alpha value is -2.71. The summed E-state index contributed by atoms with van der Waals surface area (Å²) in [5.74, 6) is -1.28. The van der Waals surface area contributed by atoms with Crippen LogP contribution in [0.3, 0.4) is 0 Å². The molecule has 29 heavy (non-hydrogen) atoms. The minimum atomic E-state index is -3.68. The third-order valence-electron chi connectivity index (χ3n) is 5.19. The zero-order chi connectivity index (χ0) is 21.2. The molecule has 3 rings (SSSR count). The van der Waals surface area contributed by atoms with Gasteiger partial charge in [-0.3, -0.25) is 4.79 Å². The fraction of sp³-hybridized carbons (Fsp3) is 0.333. The van der Waals surface area contributed by atoms with Crippen LogP contribution in [-0.2, 0) is 10.0 Å².